The Hall–Kier alpha value is -3.15. The number of halogens is 2. The van der Waals surface area contributed by atoms with Gasteiger partial charge in [0.25, 0.3) is 0 Å². The van der Waals surface area contributed by atoms with Gasteiger partial charge < -0.3 is 5.11 Å². The Labute approximate surface area is 130 Å². The monoisotopic (exact) mass is 312 g/mol. The maximum absolute atomic E-state index is 14.0. The molecule has 4 nitrogen and oxygen atoms in total. The average Bonchev–Trinajstić information content (AvgIpc) is 2.55. The van der Waals surface area contributed by atoms with Gasteiger partial charge >= 0.3 is 5.97 Å². The van der Waals surface area contributed by atoms with Crippen molar-refractivity contribution in [3.8, 4) is 22.4 Å². The molecule has 23 heavy (non-hydrogen) atoms. The molecule has 0 atom stereocenters. The molecule has 0 radical (unpaired) electrons. The van der Waals surface area contributed by atoms with E-state index in [1.807, 2.05) is 0 Å². The third kappa shape index (κ3) is 2.78. The van der Waals surface area contributed by atoms with Gasteiger partial charge in [0.1, 0.15) is 17.3 Å². The highest BCUT2D eigenvalue weighted by molar-refractivity contribution is 6.01. The molecule has 0 amide bonds. The van der Waals surface area contributed by atoms with Crippen LogP contribution >= 0.6 is 0 Å². The molecule has 0 aliphatic rings. The SMILES string of the molecule is O=C(O)c1c(-c2ccccc2)cnnc1-c1ccc(F)cc1F. The molecule has 0 unspecified atom stereocenters. The van der Waals surface area contributed by atoms with Crippen molar-refractivity contribution >= 4 is 5.97 Å². The Bertz CT molecular complexity index is 883. The fourth-order valence-electron chi connectivity index (χ4n) is 2.31. The fourth-order valence-corrected chi connectivity index (χ4v) is 2.31. The maximum atomic E-state index is 14.0. The Morgan fingerprint density at radius 3 is 2.39 bits per heavy atom. The van der Waals surface area contributed by atoms with Gasteiger partial charge in [0, 0.05) is 17.2 Å². The van der Waals surface area contributed by atoms with Crippen molar-refractivity contribution < 1.29 is 18.7 Å². The van der Waals surface area contributed by atoms with Gasteiger partial charge in [-0.25, -0.2) is 13.6 Å². The summed E-state index contributed by atoms with van der Waals surface area (Å²) < 4.78 is 27.1. The van der Waals surface area contributed by atoms with E-state index >= 15 is 0 Å². The van der Waals surface area contributed by atoms with Crippen molar-refractivity contribution in [2.45, 2.75) is 0 Å². The number of carboxylic acids is 1. The smallest absolute Gasteiger partial charge is 0.338 e. The van der Waals surface area contributed by atoms with E-state index in [1.165, 1.54) is 6.20 Å². The molecule has 0 aliphatic heterocycles. The summed E-state index contributed by atoms with van der Waals surface area (Å²) in [6.45, 7) is 0. The van der Waals surface area contributed by atoms with Gasteiger partial charge in [-0.15, -0.1) is 5.10 Å². The van der Waals surface area contributed by atoms with E-state index in [4.69, 9.17) is 0 Å². The number of aromatic carboxylic acids is 1. The molecule has 0 bridgehead atoms. The van der Waals surface area contributed by atoms with Crippen molar-refractivity contribution in [1.29, 1.82) is 0 Å². The minimum atomic E-state index is -1.27. The van der Waals surface area contributed by atoms with E-state index in [0.717, 1.165) is 12.1 Å². The molecule has 3 rings (SSSR count). The lowest BCUT2D eigenvalue weighted by Crippen LogP contribution is -2.07. The van der Waals surface area contributed by atoms with E-state index in [1.54, 1.807) is 30.3 Å². The van der Waals surface area contributed by atoms with Gasteiger partial charge in [-0.2, -0.15) is 5.10 Å². The lowest BCUT2D eigenvalue weighted by Gasteiger charge is -2.10. The number of hydrogen-bond donors (Lipinski definition) is 1. The van der Waals surface area contributed by atoms with Crippen LogP contribution in [-0.4, -0.2) is 21.3 Å². The topological polar surface area (TPSA) is 63.1 Å². The second-order valence-corrected chi connectivity index (χ2v) is 4.78. The van der Waals surface area contributed by atoms with Crippen LogP contribution in [0.15, 0.2) is 54.7 Å². The highest BCUT2D eigenvalue weighted by atomic mass is 19.1. The molecule has 2 aromatic carbocycles. The van der Waals surface area contributed by atoms with Gasteiger partial charge in [-0.05, 0) is 17.7 Å². The Morgan fingerprint density at radius 1 is 1.00 bits per heavy atom. The standard InChI is InChI=1S/C17H10F2N2O2/c18-11-6-7-12(14(19)8-11)16-15(17(22)23)13(9-20-21-16)10-4-2-1-3-5-10/h1-9H,(H,22,23). The summed E-state index contributed by atoms with van der Waals surface area (Å²) in [5, 5.41) is 17.1. The van der Waals surface area contributed by atoms with E-state index < -0.39 is 17.6 Å². The summed E-state index contributed by atoms with van der Waals surface area (Å²) in [5.74, 6) is -2.92. The molecule has 1 N–H and O–H groups in total. The van der Waals surface area contributed by atoms with Crippen LogP contribution in [0.1, 0.15) is 10.4 Å². The average molecular weight is 312 g/mol. The van der Waals surface area contributed by atoms with Crippen molar-refractivity contribution in [2.24, 2.45) is 0 Å². The highest BCUT2D eigenvalue weighted by Crippen LogP contribution is 2.31. The highest BCUT2D eigenvalue weighted by Gasteiger charge is 2.22. The third-order valence-corrected chi connectivity index (χ3v) is 3.34. The van der Waals surface area contributed by atoms with Crippen LogP contribution < -0.4 is 0 Å². The zero-order valence-electron chi connectivity index (χ0n) is 11.7. The number of hydrogen-bond acceptors (Lipinski definition) is 3. The molecule has 3 aromatic rings. The Kier molecular flexibility index (Phi) is 3.80. The summed E-state index contributed by atoms with van der Waals surface area (Å²) >= 11 is 0. The first-order valence-corrected chi connectivity index (χ1v) is 6.67. The number of nitrogens with zero attached hydrogens (tertiary/aromatic N) is 2. The van der Waals surface area contributed by atoms with Gasteiger partial charge in [0.2, 0.25) is 0 Å². The first-order valence-electron chi connectivity index (χ1n) is 6.67. The van der Waals surface area contributed by atoms with Gasteiger partial charge in [0.15, 0.2) is 0 Å². The first kappa shape index (κ1) is 14.8. The van der Waals surface area contributed by atoms with Crippen molar-refractivity contribution in [3.63, 3.8) is 0 Å². The lowest BCUT2D eigenvalue weighted by atomic mass is 9.97. The predicted octanol–water partition coefficient (Wildman–Crippen LogP) is 3.79. The van der Waals surface area contributed by atoms with Gasteiger partial charge in [-0.3, -0.25) is 0 Å². The molecular formula is C17H10F2N2O2. The summed E-state index contributed by atoms with van der Waals surface area (Å²) in [7, 11) is 0. The van der Waals surface area contributed by atoms with E-state index in [2.05, 4.69) is 10.2 Å². The van der Waals surface area contributed by atoms with E-state index in [-0.39, 0.29) is 16.8 Å². The molecule has 1 heterocycles. The molecule has 0 aliphatic carbocycles. The Morgan fingerprint density at radius 2 is 1.74 bits per heavy atom. The van der Waals surface area contributed by atoms with Gasteiger partial charge in [0.05, 0.1) is 11.8 Å². The molecular weight excluding hydrogens is 302 g/mol. The predicted molar refractivity (Wildman–Crippen MR) is 79.8 cm³/mol. The second kappa shape index (κ2) is 5.92. The second-order valence-electron chi connectivity index (χ2n) is 4.78. The Balaban J connectivity index is 2.28. The largest absolute Gasteiger partial charge is 0.478 e. The molecule has 1 aromatic heterocycles. The van der Waals surface area contributed by atoms with Crippen molar-refractivity contribution in [3.05, 3.63) is 71.9 Å². The van der Waals surface area contributed by atoms with Crippen LogP contribution in [0.3, 0.4) is 0 Å². The van der Waals surface area contributed by atoms with Crippen molar-refractivity contribution in [1.82, 2.24) is 10.2 Å². The summed E-state index contributed by atoms with van der Waals surface area (Å²) in [5.41, 5.74) is 0.484. The normalized spacial score (nSPS) is 10.5. The number of aromatic nitrogens is 2. The number of benzene rings is 2. The van der Waals surface area contributed by atoms with E-state index in [0.29, 0.717) is 17.2 Å². The molecule has 114 valence electrons. The molecule has 6 heteroatoms. The molecule has 0 fully saturated rings. The maximum Gasteiger partial charge on any atom is 0.338 e. The van der Waals surface area contributed by atoms with E-state index in [9.17, 15) is 18.7 Å². The minimum Gasteiger partial charge on any atom is -0.478 e. The number of rotatable bonds is 3. The van der Waals surface area contributed by atoms with Crippen LogP contribution in [0.2, 0.25) is 0 Å². The summed E-state index contributed by atoms with van der Waals surface area (Å²) in [6, 6.07) is 11.6. The number of carbonyl (C=O) groups is 1. The summed E-state index contributed by atoms with van der Waals surface area (Å²) in [4.78, 5) is 11.7. The lowest BCUT2D eigenvalue weighted by molar-refractivity contribution is 0.0698. The first-order chi connectivity index (χ1) is 11.1. The third-order valence-electron chi connectivity index (χ3n) is 3.34. The van der Waals surface area contributed by atoms with Gasteiger partial charge in [-0.1, -0.05) is 30.3 Å². The quantitative estimate of drug-likeness (QED) is 0.799. The van der Waals surface area contributed by atoms with Crippen LogP contribution in [0.25, 0.3) is 22.4 Å². The molecule has 0 spiro atoms. The number of carboxylic acid groups (broad SMARTS) is 1. The fraction of sp³-hybridized carbons (Fsp3) is 0. The van der Waals surface area contributed by atoms with Crippen LogP contribution in [0.5, 0.6) is 0 Å². The minimum absolute atomic E-state index is 0.117. The zero-order chi connectivity index (χ0) is 16.4. The molecule has 0 saturated carbocycles. The summed E-state index contributed by atoms with van der Waals surface area (Å²) in [6.07, 6.45) is 1.31. The van der Waals surface area contributed by atoms with Crippen LogP contribution in [0, 0.1) is 11.6 Å². The van der Waals surface area contributed by atoms with Crippen molar-refractivity contribution in [2.75, 3.05) is 0 Å². The van der Waals surface area contributed by atoms with Crippen LogP contribution in [-0.2, 0) is 0 Å². The zero-order valence-corrected chi connectivity index (χ0v) is 11.7. The molecule has 0 saturated heterocycles. The van der Waals surface area contributed by atoms with Crippen LogP contribution in [0.4, 0.5) is 8.78 Å².